The van der Waals surface area contributed by atoms with Gasteiger partial charge >= 0.3 is 6.18 Å². The van der Waals surface area contributed by atoms with Gasteiger partial charge in [0, 0.05) is 57.1 Å². The minimum Gasteiger partial charge on any atom is -0.370 e. The standard InChI is InChI=1S/C29H36F4N8O2S.H2/c1-19-35-24(16-41(19)25-5-4-21(14-23(25)30)39-17-28(18-39)8-12-38(2)13-9-28)26-22(29(31,32)33)15-34-27(37-26)36-20-6-10-40(11-7-20)44(3,42)43;/h4-5,14-16,20H,6-13,17-18H2,1-3H3,(H,34,36,37);1H. The van der Waals surface area contributed by atoms with E-state index < -0.39 is 33.3 Å². The summed E-state index contributed by atoms with van der Waals surface area (Å²) in [4.78, 5) is 16.9. The monoisotopic (exact) mass is 638 g/mol. The van der Waals surface area contributed by atoms with Crippen molar-refractivity contribution in [2.75, 3.05) is 62.8 Å². The number of nitrogens with zero attached hydrogens (tertiary/aromatic N) is 7. The zero-order valence-corrected chi connectivity index (χ0v) is 25.7. The normalized spacial score (nSPS) is 20.2. The van der Waals surface area contributed by atoms with E-state index in [4.69, 9.17) is 0 Å². The lowest BCUT2D eigenvalue weighted by atomic mass is 9.72. The van der Waals surface area contributed by atoms with Crippen molar-refractivity contribution < 1.29 is 27.4 Å². The van der Waals surface area contributed by atoms with Gasteiger partial charge < -0.3 is 19.7 Å². The molecule has 15 heteroatoms. The Bertz CT molecular complexity index is 1640. The first-order valence-electron chi connectivity index (χ1n) is 14.7. The molecule has 0 bridgehead atoms. The molecule has 3 aliphatic heterocycles. The van der Waals surface area contributed by atoms with E-state index in [-0.39, 0.29) is 43.3 Å². The predicted octanol–water partition coefficient (Wildman–Crippen LogP) is 4.41. The number of sulfonamides is 1. The molecule has 5 heterocycles. The molecule has 0 aliphatic carbocycles. The fourth-order valence-electron chi connectivity index (χ4n) is 6.44. The van der Waals surface area contributed by atoms with Gasteiger partial charge in [0.15, 0.2) is 0 Å². The average molecular weight is 639 g/mol. The lowest BCUT2D eigenvalue weighted by Crippen LogP contribution is -2.60. The first kappa shape index (κ1) is 30.7. The van der Waals surface area contributed by atoms with Gasteiger partial charge in [0.05, 0.1) is 11.9 Å². The van der Waals surface area contributed by atoms with E-state index in [1.54, 1.807) is 13.0 Å². The number of anilines is 2. The highest BCUT2D eigenvalue weighted by molar-refractivity contribution is 7.88. The van der Waals surface area contributed by atoms with Gasteiger partial charge in [-0.05, 0) is 70.9 Å². The summed E-state index contributed by atoms with van der Waals surface area (Å²) in [5.74, 6) is -0.221. The maximum atomic E-state index is 15.5. The van der Waals surface area contributed by atoms with Crippen LogP contribution in [0.25, 0.3) is 17.1 Å². The number of alkyl halides is 3. The molecule has 3 aliphatic rings. The molecule has 44 heavy (non-hydrogen) atoms. The van der Waals surface area contributed by atoms with E-state index in [0.29, 0.717) is 24.9 Å². The van der Waals surface area contributed by atoms with Gasteiger partial charge in [0.2, 0.25) is 16.0 Å². The molecule has 2 aromatic heterocycles. The molecular formula is C29H38F4N8O2S. The average Bonchev–Trinajstić information content (AvgIpc) is 3.32. The molecule has 1 spiro atoms. The highest BCUT2D eigenvalue weighted by Gasteiger charge is 2.44. The number of piperidine rings is 2. The minimum absolute atomic E-state index is 0. The number of imidazole rings is 1. The van der Waals surface area contributed by atoms with Crippen molar-refractivity contribution in [3.05, 3.63) is 47.8 Å². The van der Waals surface area contributed by atoms with Crippen LogP contribution in [0.3, 0.4) is 0 Å². The van der Waals surface area contributed by atoms with E-state index in [2.05, 4.69) is 37.1 Å². The van der Waals surface area contributed by atoms with Crippen molar-refractivity contribution in [1.82, 2.24) is 28.7 Å². The Kier molecular flexibility index (Phi) is 7.85. The number of nitrogens with one attached hydrogen (secondary N) is 1. The number of aromatic nitrogens is 4. The third kappa shape index (κ3) is 6.13. The number of likely N-dealkylation sites (tertiary alicyclic amines) is 1. The zero-order chi connectivity index (χ0) is 31.4. The highest BCUT2D eigenvalue weighted by Crippen LogP contribution is 2.43. The lowest BCUT2D eigenvalue weighted by Gasteiger charge is -2.54. The van der Waals surface area contributed by atoms with Crippen molar-refractivity contribution in [2.24, 2.45) is 5.41 Å². The molecule has 3 aromatic rings. The first-order valence-corrected chi connectivity index (χ1v) is 16.5. The van der Waals surface area contributed by atoms with Gasteiger partial charge in [-0.1, -0.05) is 0 Å². The molecule has 1 aromatic carbocycles. The second-order valence-corrected chi connectivity index (χ2v) is 14.4. The van der Waals surface area contributed by atoms with Crippen LogP contribution in [0.2, 0.25) is 0 Å². The van der Waals surface area contributed by atoms with Crippen LogP contribution in [0, 0.1) is 18.2 Å². The Labute approximate surface area is 255 Å². The van der Waals surface area contributed by atoms with Crippen LogP contribution in [-0.2, 0) is 16.2 Å². The van der Waals surface area contributed by atoms with E-state index in [0.717, 1.165) is 51.0 Å². The Morgan fingerprint density at radius 2 is 1.75 bits per heavy atom. The van der Waals surface area contributed by atoms with Crippen LogP contribution in [0.5, 0.6) is 0 Å². The summed E-state index contributed by atoms with van der Waals surface area (Å²) in [6, 6.07) is 4.72. The zero-order valence-electron chi connectivity index (χ0n) is 24.9. The summed E-state index contributed by atoms with van der Waals surface area (Å²) < 4.78 is 84.0. The van der Waals surface area contributed by atoms with Crippen molar-refractivity contribution in [3.63, 3.8) is 0 Å². The topological polar surface area (TPSA) is 99.5 Å². The molecule has 1 N–H and O–H groups in total. The van der Waals surface area contributed by atoms with Gasteiger partial charge in [0.25, 0.3) is 0 Å². The van der Waals surface area contributed by atoms with Gasteiger partial charge in [-0.25, -0.2) is 32.1 Å². The first-order chi connectivity index (χ1) is 20.7. The summed E-state index contributed by atoms with van der Waals surface area (Å²) in [5.41, 5.74) is -0.308. The van der Waals surface area contributed by atoms with Crippen LogP contribution < -0.4 is 10.2 Å². The van der Waals surface area contributed by atoms with Crippen LogP contribution in [-0.4, -0.2) is 95.8 Å². The third-order valence-corrected chi connectivity index (χ3v) is 10.4. The second-order valence-electron chi connectivity index (χ2n) is 12.4. The fraction of sp³-hybridized carbons (Fsp3) is 0.552. The Morgan fingerprint density at radius 1 is 1.07 bits per heavy atom. The van der Waals surface area contributed by atoms with Crippen molar-refractivity contribution >= 4 is 21.7 Å². The molecule has 0 amide bonds. The summed E-state index contributed by atoms with van der Waals surface area (Å²) in [6.45, 7) is 6.06. The number of rotatable bonds is 6. The van der Waals surface area contributed by atoms with E-state index >= 15 is 4.39 Å². The molecule has 10 nitrogen and oxygen atoms in total. The predicted molar refractivity (Wildman–Crippen MR) is 161 cm³/mol. The molecule has 0 atom stereocenters. The summed E-state index contributed by atoms with van der Waals surface area (Å²) >= 11 is 0. The molecule has 0 saturated carbocycles. The van der Waals surface area contributed by atoms with Crippen molar-refractivity contribution in [1.29, 1.82) is 0 Å². The van der Waals surface area contributed by atoms with E-state index in [9.17, 15) is 21.6 Å². The van der Waals surface area contributed by atoms with Gasteiger partial charge in [-0.3, -0.25) is 0 Å². The molecule has 240 valence electrons. The van der Waals surface area contributed by atoms with Crippen molar-refractivity contribution in [3.8, 4) is 17.1 Å². The summed E-state index contributed by atoms with van der Waals surface area (Å²) in [6.07, 6.45) is 1.62. The number of halogens is 4. The van der Waals surface area contributed by atoms with Crippen LogP contribution in [0.1, 0.15) is 38.5 Å². The molecule has 3 saturated heterocycles. The maximum absolute atomic E-state index is 15.5. The SMILES string of the molecule is Cc1nc(-c2nc(NC3CCN(S(C)(=O)=O)CC3)ncc2C(F)(F)F)cn1-c1ccc(N2CC3(CCN(C)CC3)C2)cc1F.[HH]. The minimum atomic E-state index is -4.75. The second kappa shape index (κ2) is 11.2. The van der Waals surface area contributed by atoms with Crippen LogP contribution in [0.15, 0.2) is 30.6 Å². The molecular weight excluding hydrogens is 600 g/mol. The Morgan fingerprint density at radius 3 is 2.36 bits per heavy atom. The van der Waals surface area contributed by atoms with Gasteiger partial charge in [-0.15, -0.1) is 0 Å². The molecule has 6 rings (SSSR count). The highest BCUT2D eigenvalue weighted by atomic mass is 32.2. The van der Waals surface area contributed by atoms with Crippen molar-refractivity contribution in [2.45, 2.75) is 44.8 Å². The fourth-order valence-corrected chi connectivity index (χ4v) is 7.32. The van der Waals surface area contributed by atoms with Gasteiger partial charge in [-0.2, -0.15) is 13.2 Å². The lowest BCUT2D eigenvalue weighted by molar-refractivity contribution is -0.137. The van der Waals surface area contributed by atoms with E-state index in [1.165, 1.54) is 21.1 Å². The quantitative estimate of drug-likeness (QED) is 0.397. The van der Waals surface area contributed by atoms with E-state index in [1.807, 2.05) is 6.07 Å². The third-order valence-electron chi connectivity index (χ3n) is 9.13. The number of hydrogen-bond donors (Lipinski definition) is 1. The number of aryl methyl sites for hydroxylation is 1. The van der Waals surface area contributed by atoms with Crippen LogP contribution in [0.4, 0.5) is 29.2 Å². The van der Waals surface area contributed by atoms with Crippen LogP contribution >= 0.6 is 0 Å². The largest absolute Gasteiger partial charge is 0.420 e. The molecule has 0 radical (unpaired) electrons. The summed E-state index contributed by atoms with van der Waals surface area (Å²) in [7, 11) is -1.19. The van der Waals surface area contributed by atoms with Gasteiger partial charge in [0.1, 0.15) is 28.6 Å². The number of benzene rings is 1. The molecule has 0 unspecified atom stereocenters. The number of hydrogen-bond acceptors (Lipinski definition) is 8. The smallest absolute Gasteiger partial charge is 0.370 e. The summed E-state index contributed by atoms with van der Waals surface area (Å²) in [5, 5.41) is 3.04. The molecule has 3 fully saturated rings. The maximum Gasteiger partial charge on any atom is 0.420 e. The Hall–Kier alpha value is -3.30. The Balaban J connectivity index is 0.00000400.